The minimum Gasteiger partial charge on any atom is -0.386 e. The van der Waals surface area contributed by atoms with E-state index in [2.05, 4.69) is 4.98 Å². The van der Waals surface area contributed by atoms with Crippen LogP contribution in [0.15, 0.2) is 18.5 Å². The number of hydrogen-bond acceptors (Lipinski definition) is 3. The smallest absolute Gasteiger partial charge is 0.107 e. The van der Waals surface area contributed by atoms with Crippen molar-refractivity contribution < 1.29 is 9.84 Å². The molecule has 0 aliphatic carbocycles. The first-order valence-electron chi connectivity index (χ1n) is 4.81. The lowest BCUT2D eigenvalue weighted by Crippen LogP contribution is -2.20. The minimum atomic E-state index is -0.586. The van der Waals surface area contributed by atoms with Crippen LogP contribution in [0.1, 0.15) is 30.6 Å². The topological polar surface area (TPSA) is 42.4 Å². The van der Waals surface area contributed by atoms with Crippen molar-refractivity contribution in [2.75, 3.05) is 7.11 Å². The van der Waals surface area contributed by atoms with Crippen molar-refractivity contribution >= 4 is 0 Å². The molecule has 0 radical (unpaired) electrons. The molecule has 78 valence electrons. The fraction of sp³-hybridized carbons (Fsp3) is 0.545. The molecule has 3 heteroatoms. The Balaban J connectivity index is 2.82. The Morgan fingerprint density at radius 1 is 1.50 bits per heavy atom. The molecule has 1 rings (SSSR count). The maximum absolute atomic E-state index is 9.94. The van der Waals surface area contributed by atoms with Crippen molar-refractivity contribution in [3.8, 4) is 0 Å². The number of aromatic nitrogens is 1. The van der Waals surface area contributed by atoms with Crippen LogP contribution in [0, 0.1) is 6.92 Å². The molecule has 1 aromatic heterocycles. The highest BCUT2D eigenvalue weighted by molar-refractivity contribution is 5.19. The summed E-state index contributed by atoms with van der Waals surface area (Å²) in [5.74, 6) is 0. The number of ether oxygens (including phenoxy) is 1. The van der Waals surface area contributed by atoms with E-state index in [1.807, 2.05) is 19.9 Å². The molecule has 0 amide bonds. The molecule has 14 heavy (non-hydrogen) atoms. The summed E-state index contributed by atoms with van der Waals surface area (Å²) in [5.41, 5.74) is 1.87. The van der Waals surface area contributed by atoms with Gasteiger partial charge < -0.3 is 9.84 Å². The Morgan fingerprint density at radius 3 is 2.71 bits per heavy atom. The monoisotopic (exact) mass is 195 g/mol. The van der Waals surface area contributed by atoms with Crippen LogP contribution in [0.5, 0.6) is 0 Å². The summed E-state index contributed by atoms with van der Waals surface area (Å²) in [4.78, 5) is 4.04. The van der Waals surface area contributed by atoms with Crippen LogP contribution >= 0.6 is 0 Å². The van der Waals surface area contributed by atoms with Gasteiger partial charge in [-0.25, -0.2) is 0 Å². The predicted molar refractivity (Wildman–Crippen MR) is 55.0 cm³/mol. The van der Waals surface area contributed by atoms with E-state index in [0.717, 1.165) is 17.5 Å². The third-order valence-electron chi connectivity index (χ3n) is 2.29. The van der Waals surface area contributed by atoms with Gasteiger partial charge in [0.15, 0.2) is 0 Å². The van der Waals surface area contributed by atoms with Gasteiger partial charge in [0.25, 0.3) is 0 Å². The van der Waals surface area contributed by atoms with Crippen LogP contribution in [0.4, 0.5) is 0 Å². The van der Waals surface area contributed by atoms with Crippen molar-refractivity contribution in [2.24, 2.45) is 0 Å². The lowest BCUT2D eigenvalue weighted by Gasteiger charge is -2.20. The normalized spacial score (nSPS) is 15.1. The highest BCUT2D eigenvalue weighted by Crippen LogP contribution is 2.20. The molecule has 0 aliphatic heterocycles. The Morgan fingerprint density at radius 2 is 2.21 bits per heavy atom. The molecule has 2 atom stereocenters. The van der Waals surface area contributed by atoms with Gasteiger partial charge >= 0.3 is 0 Å². The molecule has 0 bridgehead atoms. The number of rotatable bonds is 4. The van der Waals surface area contributed by atoms with E-state index in [9.17, 15) is 5.11 Å². The van der Waals surface area contributed by atoms with Gasteiger partial charge in [-0.05, 0) is 18.9 Å². The summed E-state index contributed by atoms with van der Waals surface area (Å²) in [7, 11) is 1.61. The number of aliphatic hydroxyl groups is 1. The second kappa shape index (κ2) is 5.08. The average molecular weight is 195 g/mol. The molecule has 0 saturated carbocycles. The van der Waals surface area contributed by atoms with E-state index in [4.69, 9.17) is 4.74 Å². The fourth-order valence-electron chi connectivity index (χ4n) is 1.47. The van der Waals surface area contributed by atoms with E-state index in [-0.39, 0.29) is 6.10 Å². The third-order valence-corrected chi connectivity index (χ3v) is 2.29. The van der Waals surface area contributed by atoms with Gasteiger partial charge in [-0.2, -0.15) is 0 Å². The average Bonchev–Trinajstić information content (AvgIpc) is 2.19. The van der Waals surface area contributed by atoms with Gasteiger partial charge in [-0.15, -0.1) is 0 Å². The molecule has 0 spiro atoms. The molecule has 0 fully saturated rings. The first kappa shape index (κ1) is 11.1. The van der Waals surface area contributed by atoms with Crippen LogP contribution < -0.4 is 0 Å². The largest absolute Gasteiger partial charge is 0.386 e. The van der Waals surface area contributed by atoms with Crippen LogP contribution in [0.2, 0.25) is 0 Å². The van der Waals surface area contributed by atoms with Gasteiger partial charge in [0, 0.05) is 25.1 Å². The molecule has 2 unspecified atom stereocenters. The van der Waals surface area contributed by atoms with Crippen LogP contribution in [0.3, 0.4) is 0 Å². The highest BCUT2D eigenvalue weighted by Gasteiger charge is 2.18. The Hall–Kier alpha value is -0.930. The molecular weight excluding hydrogens is 178 g/mol. The second-order valence-electron chi connectivity index (χ2n) is 3.42. The number of nitrogens with zero attached hydrogens (tertiary/aromatic N) is 1. The van der Waals surface area contributed by atoms with Gasteiger partial charge in [-0.1, -0.05) is 13.0 Å². The lowest BCUT2D eigenvalue weighted by atomic mass is 10.0. The lowest BCUT2D eigenvalue weighted by molar-refractivity contribution is -0.0150. The molecule has 1 aromatic rings. The molecule has 0 aromatic carbocycles. The Labute approximate surface area is 84.7 Å². The standard InChI is InChI=1S/C11H17NO2/c1-4-10(14-3)11(13)9-5-8(2)6-12-7-9/h5-7,10-11,13H,4H2,1-3H3. The Bertz CT molecular complexity index is 284. The zero-order chi connectivity index (χ0) is 10.6. The van der Waals surface area contributed by atoms with Crippen LogP contribution in [0.25, 0.3) is 0 Å². The van der Waals surface area contributed by atoms with Crippen molar-refractivity contribution in [1.29, 1.82) is 0 Å². The number of aliphatic hydroxyl groups excluding tert-OH is 1. The number of methoxy groups -OCH3 is 1. The number of hydrogen-bond donors (Lipinski definition) is 1. The number of aryl methyl sites for hydroxylation is 1. The summed E-state index contributed by atoms with van der Waals surface area (Å²) in [6.07, 6.45) is 3.49. The minimum absolute atomic E-state index is 0.154. The van der Waals surface area contributed by atoms with Crippen molar-refractivity contribution in [3.05, 3.63) is 29.6 Å². The maximum atomic E-state index is 9.94. The summed E-state index contributed by atoms with van der Waals surface area (Å²) in [6.45, 7) is 3.94. The Kier molecular flexibility index (Phi) is 4.04. The zero-order valence-electron chi connectivity index (χ0n) is 8.90. The van der Waals surface area contributed by atoms with Crippen molar-refractivity contribution in [1.82, 2.24) is 4.98 Å². The van der Waals surface area contributed by atoms with Gasteiger partial charge in [-0.3, -0.25) is 4.98 Å². The number of pyridine rings is 1. The molecule has 3 nitrogen and oxygen atoms in total. The van der Waals surface area contributed by atoms with Crippen molar-refractivity contribution in [3.63, 3.8) is 0 Å². The highest BCUT2D eigenvalue weighted by atomic mass is 16.5. The van der Waals surface area contributed by atoms with E-state index in [0.29, 0.717) is 0 Å². The second-order valence-corrected chi connectivity index (χ2v) is 3.42. The fourth-order valence-corrected chi connectivity index (χ4v) is 1.47. The quantitative estimate of drug-likeness (QED) is 0.797. The molecule has 0 aliphatic rings. The summed E-state index contributed by atoms with van der Waals surface area (Å²) in [6, 6.07) is 1.93. The van der Waals surface area contributed by atoms with E-state index < -0.39 is 6.10 Å². The SMILES string of the molecule is CCC(OC)C(O)c1cncc(C)c1. The molecular formula is C11H17NO2. The summed E-state index contributed by atoms with van der Waals surface area (Å²) < 4.78 is 5.18. The van der Waals surface area contributed by atoms with E-state index in [1.165, 1.54) is 0 Å². The van der Waals surface area contributed by atoms with Crippen LogP contribution in [-0.4, -0.2) is 23.3 Å². The van der Waals surface area contributed by atoms with E-state index in [1.54, 1.807) is 19.5 Å². The molecule has 1 heterocycles. The van der Waals surface area contributed by atoms with E-state index >= 15 is 0 Å². The summed E-state index contributed by atoms with van der Waals surface area (Å²) >= 11 is 0. The van der Waals surface area contributed by atoms with Gasteiger partial charge in [0.05, 0.1) is 6.10 Å². The predicted octanol–water partition coefficient (Wildman–Crippen LogP) is 1.85. The zero-order valence-corrected chi connectivity index (χ0v) is 8.90. The molecule has 1 N–H and O–H groups in total. The van der Waals surface area contributed by atoms with Gasteiger partial charge in [0.1, 0.15) is 6.10 Å². The molecule has 0 saturated heterocycles. The van der Waals surface area contributed by atoms with Crippen LogP contribution in [-0.2, 0) is 4.74 Å². The van der Waals surface area contributed by atoms with Crippen molar-refractivity contribution in [2.45, 2.75) is 32.5 Å². The third kappa shape index (κ3) is 2.53. The maximum Gasteiger partial charge on any atom is 0.107 e. The first-order valence-corrected chi connectivity index (χ1v) is 4.81. The van der Waals surface area contributed by atoms with Gasteiger partial charge in [0.2, 0.25) is 0 Å². The first-order chi connectivity index (χ1) is 6.69. The summed E-state index contributed by atoms with van der Waals surface area (Å²) in [5, 5.41) is 9.94.